The van der Waals surface area contributed by atoms with Crippen LogP contribution in [0.4, 0.5) is 5.95 Å². The predicted octanol–water partition coefficient (Wildman–Crippen LogP) is 4.32. The lowest BCUT2D eigenvalue weighted by Gasteiger charge is -2.26. The molecule has 42 heavy (non-hydrogen) atoms. The number of hydrogen-bond acceptors (Lipinski definition) is 8. The summed E-state index contributed by atoms with van der Waals surface area (Å²) in [7, 11) is -3.77. The van der Waals surface area contributed by atoms with Gasteiger partial charge in [-0.1, -0.05) is 25.5 Å². The molecule has 1 aliphatic heterocycles. The van der Waals surface area contributed by atoms with Crippen molar-refractivity contribution in [2.24, 2.45) is 5.92 Å². The van der Waals surface area contributed by atoms with Crippen molar-refractivity contribution in [1.82, 2.24) is 29.4 Å². The predicted molar refractivity (Wildman–Crippen MR) is 161 cm³/mol. The molecule has 0 spiro atoms. The van der Waals surface area contributed by atoms with Gasteiger partial charge in [0.1, 0.15) is 12.0 Å². The van der Waals surface area contributed by atoms with Gasteiger partial charge in [0.05, 0.1) is 16.3 Å². The van der Waals surface area contributed by atoms with Gasteiger partial charge in [-0.2, -0.15) is 10.1 Å². The zero-order chi connectivity index (χ0) is 29.5. The van der Waals surface area contributed by atoms with Gasteiger partial charge in [0.2, 0.25) is 21.9 Å². The molecule has 0 bridgehead atoms. The van der Waals surface area contributed by atoms with E-state index in [0.717, 1.165) is 100 Å². The van der Waals surface area contributed by atoms with Crippen molar-refractivity contribution in [3.63, 3.8) is 0 Å². The highest BCUT2D eigenvalue weighted by Crippen LogP contribution is 2.36. The van der Waals surface area contributed by atoms with Crippen molar-refractivity contribution in [3.8, 4) is 11.3 Å². The third-order valence-electron chi connectivity index (χ3n) is 8.32. The number of unbranched alkanes of at least 4 members (excludes halogenated alkanes) is 1. The van der Waals surface area contributed by atoms with Crippen LogP contribution in [-0.4, -0.2) is 71.4 Å². The number of nitrogens with one attached hydrogen (secondary N) is 2. The topological polar surface area (TPSA) is 139 Å². The van der Waals surface area contributed by atoms with Crippen LogP contribution in [0.3, 0.4) is 0 Å². The molecule has 5 rings (SSSR count). The summed E-state index contributed by atoms with van der Waals surface area (Å²) in [6, 6.07) is 6.73. The Morgan fingerprint density at radius 3 is 2.48 bits per heavy atom. The number of hydrogen-bond donors (Lipinski definition) is 2. The first-order chi connectivity index (χ1) is 20.4. The molecule has 2 fully saturated rings. The van der Waals surface area contributed by atoms with Crippen molar-refractivity contribution >= 4 is 39.2 Å². The molecule has 1 amide bonds. The molecular weight excluding hydrogens is 554 g/mol. The minimum Gasteiger partial charge on any atom is -0.354 e. The number of rotatable bonds is 12. The van der Waals surface area contributed by atoms with E-state index in [1.807, 2.05) is 9.58 Å². The molecule has 0 unspecified atom stereocenters. The fraction of sp³-hybridized carbons (Fsp3) is 0.567. The van der Waals surface area contributed by atoms with Crippen molar-refractivity contribution in [3.05, 3.63) is 30.5 Å². The maximum atomic E-state index is 13.0. The Morgan fingerprint density at radius 1 is 1.05 bits per heavy atom. The van der Waals surface area contributed by atoms with Gasteiger partial charge < -0.3 is 15.0 Å². The molecule has 226 valence electrons. The molecule has 12 heteroatoms. The van der Waals surface area contributed by atoms with Crippen LogP contribution in [0.2, 0.25) is 0 Å². The van der Waals surface area contributed by atoms with Gasteiger partial charge >= 0.3 is 0 Å². The largest absolute Gasteiger partial charge is 0.354 e. The number of anilines is 1. The van der Waals surface area contributed by atoms with E-state index in [9.17, 15) is 18.0 Å². The van der Waals surface area contributed by atoms with Crippen LogP contribution >= 0.6 is 0 Å². The highest BCUT2D eigenvalue weighted by Gasteiger charge is 2.27. The number of piperidine rings is 1. The summed E-state index contributed by atoms with van der Waals surface area (Å²) in [5, 5.41) is 9.05. The molecule has 11 nitrogen and oxygen atoms in total. The lowest BCUT2D eigenvalue weighted by molar-refractivity contribution is -0.131. The average Bonchev–Trinajstić information content (AvgIpc) is 3.40. The number of aromatic nitrogens is 4. The minimum atomic E-state index is -3.77. The maximum absolute atomic E-state index is 13.0. The van der Waals surface area contributed by atoms with E-state index >= 15 is 0 Å². The van der Waals surface area contributed by atoms with Crippen molar-refractivity contribution in [2.45, 2.75) is 82.1 Å². The summed E-state index contributed by atoms with van der Waals surface area (Å²) >= 11 is 0. The molecule has 3 aromatic rings. The first-order valence-corrected chi connectivity index (χ1v) is 16.7. The first kappa shape index (κ1) is 30.1. The fourth-order valence-corrected chi connectivity index (χ4v) is 6.84. The number of nitrogens with zero attached hydrogens (tertiary/aromatic N) is 5. The highest BCUT2D eigenvalue weighted by molar-refractivity contribution is 7.89. The maximum Gasteiger partial charge on any atom is 0.240 e. The number of aldehydes is 1. The molecule has 1 aliphatic carbocycles. The lowest BCUT2D eigenvalue weighted by Crippen LogP contribution is -2.37. The molecule has 0 atom stereocenters. The molecule has 1 saturated heterocycles. The van der Waals surface area contributed by atoms with Crippen molar-refractivity contribution in [1.29, 1.82) is 0 Å². The smallest absolute Gasteiger partial charge is 0.240 e. The molecule has 1 saturated carbocycles. The summed E-state index contributed by atoms with van der Waals surface area (Å²) in [6.07, 6.45) is 11.5. The summed E-state index contributed by atoms with van der Waals surface area (Å²) in [4.78, 5) is 35.0. The van der Waals surface area contributed by atoms with Crippen LogP contribution in [-0.2, 0) is 19.6 Å². The van der Waals surface area contributed by atoms with Crippen LogP contribution in [0, 0.1) is 5.92 Å². The molecule has 3 heterocycles. The molecule has 2 N–H and O–H groups in total. The average molecular weight is 596 g/mol. The minimum absolute atomic E-state index is 0.0132. The van der Waals surface area contributed by atoms with Gasteiger partial charge in [-0.15, -0.1) is 0 Å². The van der Waals surface area contributed by atoms with E-state index in [1.165, 1.54) is 0 Å². The Morgan fingerprint density at radius 2 is 1.79 bits per heavy atom. The van der Waals surface area contributed by atoms with Gasteiger partial charge in [-0.05, 0) is 63.5 Å². The lowest BCUT2D eigenvalue weighted by atomic mass is 9.87. The number of benzene rings is 1. The number of fused-ring (bicyclic) bond motifs is 1. The van der Waals surface area contributed by atoms with E-state index in [-0.39, 0.29) is 35.7 Å². The van der Waals surface area contributed by atoms with Crippen molar-refractivity contribution < 1.29 is 18.0 Å². The molecular formula is C30H41N7O4S. The second-order valence-corrected chi connectivity index (χ2v) is 13.1. The molecule has 2 aliphatic rings. The number of likely N-dealkylation sites (tertiary alicyclic amines) is 1. The van der Waals surface area contributed by atoms with Gasteiger partial charge in [-0.25, -0.2) is 22.8 Å². The zero-order valence-electron chi connectivity index (χ0n) is 24.3. The van der Waals surface area contributed by atoms with E-state index in [4.69, 9.17) is 10.1 Å². The second-order valence-electron chi connectivity index (χ2n) is 11.3. The van der Waals surface area contributed by atoms with Gasteiger partial charge in [-0.3, -0.25) is 4.79 Å². The summed E-state index contributed by atoms with van der Waals surface area (Å²) < 4.78 is 30.4. The number of amides is 1. The van der Waals surface area contributed by atoms with Gasteiger partial charge in [0.15, 0.2) is 5.65 Å². The molecule has 2 aromatic heterocycles. The van der Waals surface area contributed by atoms with E-state index in [2.05, 4.69) is 21.9 Å². The van der Waals surface area contributed by atoms with Crippen LogP contribution in [0.5, 0.6) is 0 Å². The molecule has 0 radical (unpaired) electrons. The molecule has 1 aromatic carbocycles. The quantitative estimate of drug-likeness (QED) is 0.233. The Balaban J connectivity index is 1.34. The van der Waals surface area contributed by atoms with Crippen molar-refractivity contribution in [2.75, 3.05) is 31.5 Å². The third-order valence-corrected chi connectivity index (χ3v) is 9.80. The van der Waals surface area contributed by atoms with E-state index in [1.54, 1.807) is 30.5 Å². The standard InChI is InChI=1S/C30H41N7O4S/c1-2-3-16-31-30-32-20-26-28(35-37(29(26)34-30)24-11-7-22(21-38)8-12-24)23-9-13-25(14-10-23)42(40,41)33-17-15-27(39)36-18-5-4-6-19-36/h9-10,13-14,20-22,24,33H,2-8,11-12,15-19H2,1H3,(H,31,32,34). The SMILES string of the molecule is CCCCNc1ncc2c(-c3ccc(S(=O)(=O)NCCC(=O)N4CCCCC4)cc3)nn(C3CCC(C=O)CC3)c2n1. The summed E-state index contributed by atoms with van der Waals surface area (Å²) in [6.45, 7) is 4.47. The summed E-state index contributed by atoms with van der Waals surface area (Å²) in [5.74, 6) is 0.631. The number of sulfonamides is 1. The van der Waals surface area contributed by atoms with E-state index in [0.29, 0.717) is 11.6 Å². The van der Waals surface area contributed by atoms with Crippen LogP contribution in [0.25, 0.3) is 22.3 Å². The fourth-order valence-electron chi connectivity index (χ4n) is 5.80. The Labute approximate surface area is 247 Å². The second kappa shape index (κ2) is 13.7. The Hall–Kier alpha value is -3.38. The van der Waals surface area contributed by atoms with Crippen LogP contribution in [0.15, 0.2) is 35.4 Å². The van der Waals surface area contributed by atoms with E-state index < -0.39 is 10.0 Å². The third kappa shape index (κ3) is 6.97. The normalized spacial score (nSPS) is 19.6. The number of carbonyl (C=O) groups is 2. The monoisotopic (exact) mass is 595 g/mol. The summed E-state index contributed by atoms with van der Waals surface area (Å²) in [5.41, 5.74) is 2.17. The van der Waals surface area contributed by atoms with Crippen LogP contribution < -0.4 is 10.0 Å². The Bertz CT molecular complexity index is 1480. The van der Waals surface area contributed by atoms with Gasteiger partial charge in [0, 0.05) is 50.3 Å². The zero-order valence-corrected chi connectivity index (χ0v) is 25.1. The van der Waals surface area contributed by atoms with Crippen LogP contribution in [0.1, 0.15) is 77.2 Å². The highest BCUT2D eigenvalue weighted by atomic mass is 32.2. The number of carbonyl (C=O) groups excluding carboxylic acids is 2. The van der Waals surface area contributed by atoms with Gasteiger partial charge in [0.25, 0.3) is 0 Å². The first-order valence-electron chi connectivity index (χ1n) is 15.2. The Kier molecular flexibility index (Phi) is 9.84.